The number of nitrogen functional groups attached to an aromatic ring is 1. The Morgan fingerprint density at radius 3 is 2.71 bits per heavy atom. The van der Waals surface area contributed by atoms with E-state index in [2.05, 4.69) is 0 Å². The van der Waals surface area contributed by atoms with Gasteiger partial charge in [0.1, 0.15) is 5.82 Å². The van der Waals surface area contributed by atoms with E-state index in [1.54, 1.807) is 11.8 Å². The number of aliphatic hydroxyl groups is 1. The number of aliphatic hydroxyl groups excluding tert-OH is 1. The Morgan fingerprint density at radius 2 is 2.14 bits per heavy atom. The molecule has 0 aliphatic carbocycles. The predicted molar refractivity (Wildman–Crippen MR) is 77.9 cm³/mol. The van der Waals surface area contributed by atoms with Crippen LogP contribution in [-0.4, -0.2) is 51.1 Å². The molecular formula is C14H21FN2O4. The van der Waals surface area contributed by atoms with Crippen LogP contribution in [0.25, 0.3) is 0 Å². The molecule has 0 amide bonds. The van der Waals surface area contributed by atoms with Crippen molar-refractivity contribution in [3.05, 3.63) is 23.5 Å². The molecule has 0 saturated heterocycles. The van der Waals surface area contributed by atoms with Crippen LogP contribution in [0.2, 0.25) is 0 Å². The maximum atomic E-state index is 14.1. The largest absolute Gasteiger partial charge is 0.462 e. The molecule has 0 aliphatic heterocycles. The summed E-state index contributed by atoms with van der Waals surface area (Å²) in [5.41, 5.74) is 5.97. The van der Waals surface area contributed by atoms with Crippen molar-refractivity contribution in [3.63, 3.8) is 0 Å². The van der Waals surface area contributed by atoms with Gasteiger partial charge in [-0.15, -0.1) is 0 Å². The number of nitrogens with zero attached hydrogens (tertiary/aromatic N) is 1. The third-order valence-electron chi connectivity index (χ3n) is 2.89. The van der Waals surface area contributed by atoms with E-state index in [0.717, 1.165) is 6.07 Å². The minimum Gasteiger partial charge on any atom is -0.462 e. The van der Waals surface area contributed by atoms with Gasteiger partial charge in [0.25, 0.3) is 0 Å². The first-order valence-corrected chi connectivity index (χ1v) is 6.66. The van der Waals surface area contributed by atoms with Gasteiger partial charge in [0.2, 0.25) is 0 Å². The third kappa shape index (κ3) is 4.57. The van der Waals surface area contributed by atoms with E-state index in [9.17, 15) is 9.18 Å². The fourth-order valence-corrected chi connectivity index (χ4v) is 1.88. The van der Waals surface area contributed by atoms with Crippen molar-refractivity contribution >= 4 is 17.3 Å². The molecule has 1 rings (SSSR count). The first-order valence-electron chi connectivity index (χ1n) is 6.66. The summed E-state index contributed by atoms with van der Waals surface area (Å²) in [6, 6.07) is 2.42. The monoisotopic (exact) mass is 300 g/mol. The summed E-state index contributed by atoms with van der Waals surface area (Å²) >= 11 is 0. The van der Waals surface area contributed by atoms with Gasteiger partial charge in [-0.05, 0) is 19.1 Å². The number of esters is 1. The number of halogens is 1. The van der Waals surface area contributed by atoms with E-state index in [-0.39, 0.29) is 36.7 Å². The van der Waals surface area contributed by atoms with E-state index in [1.807, 2.05) is 0 Å². The van der Waals surface area contributed by atoms with Crippen LogP contribution in [-0.2, 0) is 9.47 Å². The number of carbonyl (C=O) groups excluding carboxylic acids is 1. The molecule has 0 aliphatic rings. The zero-order valence-electron chi connectivity index (χ0n) is 12.3. The molecule has 1 aromatic rings. The number of hydrogen-bond acceptors (Lipinski definition) is 6. The van der Waals surface area contributed by atoms with E-state index < -0.39 is 11.8 Å². The summed E-state index contributed by atoms with van der Waals surface area (Å²) in [5.74, 6) is -1.17. The molecule has 0 saturated carbocycles. The van der Waals surface area contributed by atoms with Gasteiger partial charge >= 0.3 is 5.97 Å². The van der Waals surface area contributed by atoms with Crippen molar-refractivity contribution in [1.29, 1.82) is 0 Å². The second-order valence-electron chi connectivity index (χ2n) is 4.31. The number of hydrogen-bond donors (Lipinski definition) is 2. The number of methoxy groups -OCH3 is 1. The van der Waals surface area contributed by atoms with E-state index in [1.165, 1.54) is 13.2 Å². The molecule has 7 heteroatoms. The molecule has 0 atom stereocenters. The summed E-state index contributed by atoms with van der Waals surface area (Å²) in [6.45, 7) is 2.68. The lowest BCUT2D eigenvalue weighted by Gasteiger charge is -2.25. The maximum absolute atomic E-state index is 14.1. The molecule has 0 aromatic heterocycles. The minimum atomic E-state index is -0.605. The summed E-state index contributed by atoms with van der Waals surface area (Å²) in [6.07, 6.45) is 0. The highest BCUT2D eigenvalue weighted by molar-refractivity contribution is 5.96. The van der Waals surface area contributed by atoms with Gasteiger partial charge in [0, 0.05) is 25.9 Å². The number of anilines is 2. The first kappa shape index (κ1) is 17.2. The summed E-state index contributed by atoms with van der Waals surface area (Å²) in [7, 11) is 1.53. The standard InChI is InChI=1S/C14H21FN2O4/c1-3-21-14(19)10-8-13(11(15)9-12(10)16)17(4-6-18)5-7-20-2/h8-9,18H,3-7,16H2,1-2H3. The van der Waals surface area contributed by atoms with Gasteiger partial charge in [-0.1, -0.05) is 0 Å². The summed E-state index contributed by atoms with van der Waals surface area (Å²) in [5, 5.41) is 9.08. The Kier molecular flexibility index (Phi) is 6.90. The fraction of sp³-hybridized carbons (Fsp3) is 0.500. The van der Waals surface area contributed by atoms with E-state index >= 15 is 0 Å². The molecule has 0 fully saturated rings. The molecule has 0 radical (unpaired) electrons. The van der Waals surface area contributed by atoms with Crippen LogP contribution in [0.3, 0.4) is 0 Å². The van der Waals surface area contributed by atoms with Crippen LogP contribution in [0.4, 0.5) is 15.8 Å². The minimum absolute atomic E-state index is 0.0189. The van der Waals surface area contributed by atoms with Crippen molar-refractivity contribution in [2.24, 2.45) is 0 Å². The van der Waals surface area contributed by atoms with Crippen LogP contribution >= 0.6 is 0 Å². The number of carbonyl (C=O) groups is 1. The molecule has 1 aromatic carbocycles. The Bertz CT molecular complexity index is 482. The number of rotatable bonds is 8. The highest BCUT2D eigenvalue weighted by atomic mass is 19.1. The van der Waals surface area contributed by atoms with Crippen molar-refractivity contribution in [1.82, 2.24) is 0 Å². The number of nitrogens with two attached hydrogens (primary N) is 1. The second kappa shape index (κ2) is 8.43. The van der Waals surface area contributed by atoms with Crippen molar-refractivity contribution < 1.29 is 23.8 Å². The third-order valence-corrected chi connectivity index (χ3v) is 2.89. The Hall–Kier alpha value is -1.86. The SMILES string of the molecule is CCOC(=O)c1cc(N(CCO)CCOC)c(F)cc1N. The van der Waals surface area contributed by atoms with Gasteiger partial charge in [-0.3, -0.25) is 0 Å². The van der Waals surface area contributed by atoms with Crippen LogP contribution in [0.15, 0.2) is 12.1 Å². The molecule has 6 nitrogen and oxygen atoms in total. The van der Waals surface area contributed by atoms with Crippen molar-refractivity contribution in [2.45, 2.75) is 6.92 Å². The van der Waals surface area contributed by atoms with Gasteiger partial charge in [-0.25, -0.2) is 9.18 Å². The maximum Gasteiger partial charge on any atom is 0.340 e. The van der Waals surface area contributed by atoms with Gasteiger partial charge < -0.3 is 25.2 Å². The first-order chi connectivity index (χ1) is 10.0. The highest BCUT2D eigenvalue weighted by Crippen LogP contribution is 2.26. The molecule has 0 heterocycles. The average Bonchev–Trinajstić information content (AvgIpc) is 2.44. The van der Waals surface area contributed by atoms with Crippen LogP contribution < -0.4 is 10.6 Å². The molecule has 21 heavy (non-hydrogen) atoms. The Balaban J connectivity index is 3.14. The lowest BCUT2D eigenvalue weighted by atomic mass is 10.1. The summed E-state index contributed by atoms with van der Waals surface area (Å²) in [4.78, 5) is 13.4. The molecule has 0 unspecified atom stereocenters. The zero-order chi connectivity index (χ0) is 15.8. The van der Waals surface area contributed by atoms with Crippen molar-refractivity contribution in [3.8, 4) is 0 Å². The van der Waals surface area contributed by atoms with Gasteiger partial charge in [0.15, 0.2) is 0 Å². The van der Waals surface area contributed by atoms with E-state index in [0.29, 0.717) is 13.2 Å². The Labute approximate surface area is 123 Å². The van der Waals surface area contributed by atoms with Crippen LogP contribution in [0.5, 0.6) is 0 Å². The normalized spacial score (nSPS) is 10.5. The fourth-order valence-electron chi connectivity index (χ4n) is 1.88. The van der Waals surface area contributed by atoms with Gasteiger partial charge in [-0.2, -0.15) is 0 Å². The zero-order valence-corrected chi connectivity index (χ0v) is 12.3. The molecule has 0 bridgehead atoms. The predicted octanol–water partition coefficient (Wildman–Crippen LogP) is 1.03. The van der Waals surface area contributed by atoms with Crippen LogP contribution in [0.1, 0.15) is 17.3 Å². The smallest absolute Gasteiger partial charge is 0.340 e. The average molecular weight is 300 g/mol. The molecule has 3 N–H and O–H groups in total. The lowest BCUT2D eigenvalue weighted by Crippen LogP contribution is -2.31. The quantitative estimate of drug-likeness (QED) is 0.551. The van der Waals surface area contributed by atoms with E-state index in [4.69, 9.17) is 20.3 Å². The molecule has 118 valence electrons. The molecular weight excluding hydrogens is 279 g/mol. The topological polar surface area (TPSA) is 85.0 Å². The van der Waals surface area contributed by atoms with Crippen LogP contribution in [0, 0.1) is 5.82 Å². The number of benzene rings is 1. The second-order valence-corrected chi connectivity index (χ2v) is 4.31. The summed E-state index contributed by atoms with van der Waals surface area (Å²) < 4.78 is 23.9. The highest BCUT2D eigenvalue weighted by Gasteiger charge is 2.18. The number of ether oxygens (including phenoxy) is 2. The lowest BCUT2D eigenvalue weighted by molar-refractivity contribution is 0.0527. The van der Waals surface area contributed by atoms with Gasteiger partial charge in [0.05, 0.1) is 31.1 Å². The van der Waals surface area contributed by atoms with Crippen molar-refractivity contribution in [2.75, 3.05) is 50.7 Å². The Morgan fingerprint density at radius 1 is 1.43 bits per heavy atom. The molecule has 0 spiro atoms.